The standard InChI is InChI=1S/C13H9F4N3O/c14-8-4-9(15)11(17)12(10(8)16)20-13(21)6-1-2-19-7(3-6)5-18/h1-4H,5,18H2,(H,20,21). The van der Waals surface area contributed by atoms with Crippen molar-refractivity contribution in [2.45, 2.75) is 6.54 Å². The molecule has 0 aliphatic heterocycles. The van der Waals surface area contributed by atoms with E-state index < -0.39 is 34.9 Å². The van der Waals surface area contributed by atoms with Gasteiger partial charge >= 0.3 is 0 Å². The van der Waals surface area contributed by atoms with Crippen LogP contribution in [0.5, 0.6) is 0 Å². The Morgan fingerprint density at radius 3 is 2.33 bits per heavy atom. The summed E-state index contributed by atoms with van der Waals surface area (Å²) in [6.45, 7) is 0.0540. The summed E-state index contributed by atoms with van der Waals surface area (Å²) < 4.78 is 52.9. The molecule has 110 valence electrons. The first kappa shape index (κ1) is 14.9. The lowest BCUT2D eigenvalue weighted by molar-refractivity contribution is 0.102. The fraction of sp³-hybridized carbons (Fsp3) is 0.0769. The Bertz CT molecular complexity index is 680. The number of amides is 1. The fourth-order valence-electron chi connectivity index (χ4n) is 1.60. The smallest absolute Gasteiger partial charge is 0.255 e. The summed E-state index contributed by atoms with van der Waals surface area (Å²) in [5.41, 5.74) is 4.52. The number of hydrogen-bond acceptors (Lipinski definition) is 3. The SMILES string of the molecule is NCc1cc(C(=O)Nc2c(F)c(F)cc(F)c2F)ccn1. The number of pyridine rings is 1. The van der Waals surface area contributed by atoms with E-state index in [1.807, 2.05) is 0 Å². The van der Waals surface area contributed by atoms with Gasteiger partial charge in [0.25, 0.3) is 5.91 Å². The number of nitrogens with zero attached hydrogens (tertiary/aromatic N) is 1. The van der Waals surface area contributed by atoms with Crippen molar-refractivity contribution in [1.29, 1.82) is 0 Å². The van der Waals surface area contributed by atoms with Crippen LogP contribution in [0.2, 0.25) is 0 Å². The van der Waals surface area contributed by atoms with Crippen molar-refractivity contribution in [2.75, 3.05) is 5.32 Å². The fourth-order valence-corrected chi connectivity index (χ4v) is 1.60. The van der Waals surface area contributed by atoms with Crippen LogP contribution in [0, 0.1) is 23.3 Å². The first-order chi connectivity index (χ1) is 9.93. The van der Waals surface area contributed by atoms with Crippen LogP contribution < -0.4 is 11.1 Å². The lowest BCUT2D eigenvalue weighted by Gasteiger charge is -2.09. The van der Waals surface area contributed by atoms with Crippen molar-refractivity contribution in [3.05, 3.63) is 58.9 Å². The van der Waals surface area contributed by atoms with Crippen LogP contribution >= 0.6 is 0 Å². The average molecular weight is 299 g/mol. The van der Waals surface area contributed by atoms with Crippen molar-refractivity contribution < 1.29 is 22.4 Å². The number of aromatic nitrogens is 1. The molecule has 4 nitrogen and oxygen atoms in total. The largest absolute Gasteiger partial charge is 0.325 e. The second-order valence-corrected chi connectivity index (χ2v) is 4.04. The zero-order valence-corrected chi connectivity index (χ0v) is 10.5. The predicted molar refractivity (Wildman–Crippen MR) is 66.4 cm³/mol. The second kappa shape index (κ2) is 5.88. The monoisotopic (exact) mass is 299 g/mol. The highest BCUT2D eigenvalue weighted by molar-refractivity contribution is 6.04. The molecular formula is C13H9F4N3O. The molecule has 0 unspecified atom stereocenters. The topological polar surface area (TPSA) is 68.0 Å². The van der Waals surface area contributed by atoms with Crippen LogP contribution in [0.1, 0.15) is 16.1 Å². The van der Waals surface area contributed by atoms with Gasteiger partial charge in [-0.25, -0.2) is 17.6 Å². The van der Waals surface area contributed by atoms with E-state index in [2.05, 4.69) is 4.98 Å². The van der Waals surface area contributed by atoms with Gasteiger partial charge in [0.1, 0.15) is 5.69 Å². The van der Waals surface area contributed by atoms with Crippen LogP contribution in [0.3, 0.4) is 0 Å². The van der Waals surface area contributed by atoms with Gasteiger partial charge in [-0.05, 0) is 12.1 Å². The van der Waals surface area contributed by atoms with Crippen molar-refractivity contribution in [3.63, 3.8) is 0 Å². The summed E-state index contributed by atoms with van der Waals surface area (Å²) in [4.78, 5) is 15.7. The van der Waals surface area contributed by atoms with Gasteiger partial charge in [0.2, 0.25) is 0 Å². The van der Waals surface area contributed by atoms with Crippen LogP contribution in [0.15, 0.2) is 24.4 Å². The first-order valence-electron chi connectivity index (χ1n) is 5.73. The molecule has 0 atom stereocenters. The van der Waals surface area contributed by atoms with Gasteiger partial charge in [-0.15, -0.1) is 0 Å². The summed E-state index contributed by atoms with van der Waals surface area (Å²) in [5.74, 6) is -7.54. The average Bonchev–Trinajstić information content (AvgIpc) is 2.49. The normalized spacial score (nSPS) is 10.5. The molecule has 1 heterocycles. The third-order valence-electron chi connectivity index (χ3n) is 2.64. The number of benzene rings is 1. The lowest BCUT2D eigenvalue weighted by Crippen LogP contribution is -2.16. The Morgan fingerprint density at radius 1 is 1.14 bits per heavy atom. The molecule has 0 bridgehead atoms. The minimum absolute atomic E-state index is 0.00563. The van der Waals surface area contributed by atoms with E-state index in [-0.39, 0.29) is 18.2 Å². The van der Waals surface area contributed by atoms with Gasteiger partial charge in [0, 0.05) is 24.4 Å². The Morgan fingerprint density at radius 2 is 1.76 bits per heavy atom. The zero-order valence-electron chi connectivity index (χ0n) is 10.5. The van der Waals surface area contributed by atoms with Crippen LogP contribution in [-0.4, -0.2) is 10.9 Å². The number of halogens is 4. The molecule has 0 spiro atoms. The maximum atomic E-state index is 13.4. The highest BCUT2D eigenvalue weighted by Gasteiger charge is 2.21. The molecule has 8 heteroatoms. The number of anilines is 1. The van der Waals surface area contributed by atoms with E-state index in [4.69, 9.17) is 5.73 Å². The number of hydrogen-bond donors (Lipinski definition) is 2. The Balaban J connectivity index is 2.36. The van der Waals surface area contributed by atoms with Crippen LogP contribution in [-0.2, 0) is 6.54 Å². The predicted octanol–water partition coefficient (Wildman–Crippen LogP) is 2.35. The van der Waals surface area contributed by atoms with E-state index >= 15 is 0 Å². The molecule has 21 heavy (non-hydrogen) atoms. The van der Waals surface area contributed by atoms with Gasteiger partial charge in [-0.1, -0.05) is 0 Å². The van der Waals surface area contributed by atoms with Gasteiger partial charge in [-0.3, -0.25) is 9.78 Å². The molecular weight excluding hydrogens is 290 g/mol. The summed E-state index contributed by atoms with van der Waals surface area (Å²) in [6.07, 6.45) is 1.27. The van der Waals surface area contributed by atoms with Gasteiger partial charge in [0.05, 0.1) is 5.69 Å². The van der Waals surface area contributed by atoms with E-state index in [0.717, 1.165) is 0 Å². The molecule has 1 aromatic carbocycles. The Kier molecular flexibility index (Phi) is 4.18. The maximum Gasteiger partial charge on any atom is 0.255 e. The molecule has 2 aromatic rings. The molecule has 0 saturated carbocycles. The highest BCUT2D eigenvalue weighted by atomic mass is 19.2. The molecule has 0 radical (unpaired) electrons. The third kappa shape index (κ3) is 3.00. The minimum atomic E-state index is -1.68. The number of rotatable bonds is 3. The summed E-state index contributed by atoms with van der Waals surface area (Å²) >= 11 is 0. The molecule has 3 N–H and O–H groups in total. The van der Waals surface area contributed by atoms with Crippen molar-refractivity contribution in [2.24, 2.45) is 5.73 Å². The van der Waals surface area contributed by atoms with Crippen LogP contribution in [0.25, 0.3) is 0 Å². The summed E-state index contributed by atoms with van der Waals surface area (Å²) in [7, 11) is 0. The zero-order chi connectivity index (χ0) is 15.6. The number of carbonyl (C=O) groups is 1. The van der Waals surface area contributed by atoms with Crippen molar-refractivity contribution in [3.8, 4) is 0 Å². The minimum Gasteiger partial charge on any atom is -0.325 e. The Hall–Kier alpha value is -2.48. The molecule has 2 rings (SSSR count). The molecule has 1 amide bonds. The molecule has 0 aliphatic carbocycles. The van der Waals surface area contributed by atoms with Crippen molar-refractivity contribution >= 4 is 11.6 Å². The van der Waals surface area contributed by atoms with Crippen molar-refractivity contribution in [1.82, 2.24) is 4.98 Å². The van der Waals surface area contributed by atoms with Gasteiger partial charge in [-0.2, -0.15) is 0 Å². The molecule has 0 saturated heterocycles. The maximum absolute atomic E-state index is 13.4. The van der Waals surface area contributed by atoms with Crippen LogP contribution in [0.4, 0.5) is 23.2 Å². The first-order valence-corrected chi connectivity index (χ1v) is 5.73. The molecule has 1 aromatic heterocycles. The highest BCUT2D eigenvalue weighted by Crippen LogP contribution is 2.24. The van der Waals surface area contributed by atoms with E-state index in [1.165, 1.54) is 18.3 Å². The third-order valence-corrected chi connectivity index (χ3v) is 2.64. The van der Waals surface area contributed by atoms with Gasteiger partial charge < -0.3 is 11.1 Å². The molecule has 0 aliphatic rings. The van der Waals surface area contributed by atoms with E-state index in [1.54, 1.807) is 5.32 Å². The van der Waals surface area contributed by atoms with E-state index in [0.29, 0.717) is 5.69 Å². The summed E-state index contributed by atoms with van der Waals surface area (Å²) in [5, 5.41) is 1.79. The molecule has 0 fully saturated rings. The Labute approximate surface area is 116 Å². The number of nitrogens with one attached hydrogen (secondary N) is 1. The summed E-state index contributed by atoms with van der Waals surface area (Å²) in [6, 6.07) is 2.61. The number of nitrogens with two attached hydrogens (primary N) is 1. The lowest BCUT2D eigenvalue weighted by atomic mass is 10.2. The second-order valence-electron chi connectivity index (χ2n) is 4.04. The quantitative estimate of drug-likeness (QED) is 0.675. The number of carbonyl (C=O) groups excluding carboxylic acids is 1. The van der Waals surface area contributed by atoms with Gasteiger partial charge in [0.15, 0.2) is 23.3 Å². The van der Waals surface area contributed by atoms with E-state index in [9.17, 15) is 22.4 Å².